The van der Waals surface area contributed by atoms with E-state index < -0.39 is 5.97 Å². The van der Waals surface area contributed by atoms with Crippen molar-refractivity contribution in [2.75, 3.05) is 6.61 Å². The number of hydrogen-bond acceptors (Lipinski definition) is 3. The summed E-state index contributed by atoms with van der Waals surface area (Å²) in [5, 5.41) is 8.52. The molecule has 0 aromatic rings. The van der Waals surface area contributed by atoms with Crippen molar-refractivity contribution in [3.05, 3.63) is 12.2 Å². The van der Waals surface area contributed by atoms with Crippen LogP contribution in [0.15, 0.2) is 12.2 Å². The highest BCUT2D eigenvalue weighted by Gasteiger charge is 2.03. The Bertz CT molecular complexity index is 818. The lowest BCUT2D eigenvalue weighted by molar-refractivity contribution is -0.144. The van der Waals surface area contributed by atoms with Crippen molar-refractivity contribution in [3.63, 3.8) is 0 Å². The minimum atomic E-state index is -0.654. The Morgan fingerprint density at radius 2 is 0.690 bits per heavy atom. The van der Waals surface area contributed by atoms with Crippen LogP contribution >= 0.6 is 0 Å². The van der Waals surface area contributed by atoms with Crippen LogP contribution in [0.5, 0.6) is 0 Å². The fourth-order valence-corrected chi connectivity index (χ4v) is 7.79. The topological polar surface area (TPSA) is 63.6 Å². The molecule has 346 valence electrons. The van der Waals surface area contributed by atoms with Crippen LogP contribution in [0.25, 0.3) is 0 Å². The maximum absolute atomic E-state index is 11.9. The van der Waals surface area contributed by atoms with Gasteiger partial charge in [0.25, 0.3) is 0 Å². The molecular weight excluding hydrogens is 713 g/mol. The summed E-state index contributed by atoms with van der Waals surface area (Å²) >= 11 is 0. The number of aliphatic carboxylic acids is 1. The lowest BCUT2D eigenvalue weighted by Crippen LogP contribution is -2.05. The molecule has 0 spiro atoms. The zero-order chi connectivity index (χ0) is 42.8. The Balaban J connectivity index is 0. The van der Waals surface area contributed by atoms with E-state index in [4.69, 9.17) is 9.84 Å². The summed E-state index contributed by atoms with van der Waals surface area (Å²) in [4.78, 5) is 22.2. The largest absolute Gasteiger partial charge is 0.481 e. The van der Waals surface area contributed by atoms with Crippen molar-refractivity contribution in [1.29, 1.82) is 0 Å². The first-order valence-electron chi connectivity index (χ1n) is 26.3. The highest BCUT2D eigenvalue weighted by molar-refractivity contribution is 5.69. The third kappa shape index (κ3) is 59.0. The molecule has 0 aliphatic heterocycles. The lowest BCUT2D eigenvalue weighted by Gasteiger charge is -2.06. The Kier molecular flexibility index (Phi) is 52.5. The molecule has 0 aliphatic carbocycles. The second-order valence-electron chi connectivity index (χ2n) is 18.9. The van der Waals surface area contributed by atoms with Gasteiger partial charge in [0.1, 0.15) is 0 Å². The monoisotopic (exact) mass is 819 g/mol. The van der Waals surface area contributed by atoms with Crippen molar-refractivity contribution < 1.29 is 19.4 Å². The van der Waals surface area contributed by atoms with Crippen molar-refractivity contribution in [2.24, 2.45) is 11.8 Å². The SMILES string of the molecule is CC(C)CCCCCCCCCCCCCCC(=O)O.CCCCCCCC/C=C\CCCCCCCC(=O)OCCCCCCCCCCCCCCCC(C)C. The van der Waals surface area contributed by atoms with Gasteiger partial charge in [-0.15, -0.1) is 0 Å². The van der Waals surface area contributed by atoms with E-state index in [1.165, 1.54) is 225 Å². The van der Waals surface area contributed by atoms with E-state index in [1.54, 1.807) is 0 Å². The van der Waals surface area contributed by atoms with Crippen LogP contribution in [-0.4, -0.2) is 23.7 Å². The molecule has 0 radical (unpaired) electrons. The molecule has 0 rings (SSSR count). The predicted octanol–water partition coefficient (Wildman–Crippen LogP) is 18.9. The third-order valence-corrected chi connectivity index (χ3v) is 11.8. The van der Waals surface area contributed by atoms with Crippen LogP contribution in [-0.2, 0) is 14.3 Å². The number of rotatable bonds is 46. The summed E-state index contributed by atoms with van der Waals surface area (Å²) in [5.41, 5.74) is 0. The van der Waals surface area contributed by atoms with Crippen LogP contribution in [0.1, 0.15) is 304 Å². The number of allylic oxidation sites excluding steroid dienone is 2. The van der Waals surface area contributed by atoms with Gasteiger partial charge in [-0.25, -0.2) is 0 Å². The first kappa shape index (κ1) is 58.8. The van der Waals surface area contributed by atoms with Crippen LogP contribution < -0.4 is 0 Å². The fraction of sp³-hybridized carbons (Fsp3) is 0.926. The van der Waals surface area contributed by atoms with E-state index in [9.17, 15) is 9.59 Å². The number of unbranched alkanes of at least 4 members (excludes halogenated alkanes) is 34. The number of carboxylic acid groups (broad SMARTS) is 1. The molecular formula is C54H106O4. The standard InChI is InChI=1S/C36H70O2.C18H36O2/c1-4-5-6-7-8-9-10-11-12-15-18-21-24-27-30-33-36(37)38-34-31-28-25-22-19-16-13-14-17-20-23-26-29-32-35(2)3;1-17(2)15-13-11-9-7-5-3-4-6-8-10-12-14-16-18(19)20/h11-12,35H,4-10,13-34H2,1-3H3;17H,3-16H2,1-2H3,(H,19,20)/b12-11-;. The van der Waals surface area contributed by atoms with E-state index in [1.807, 2.05) is 0 Å². The fourth-order valence-electron chi connectivity index (χ4n) is 7.79. The van der Waals surface area contributed by atoms with Gasteiger partial charge in [0.05, 0.1) is 6.61 Å². The molecule has 0 unspecified atom stereocenters. The third-order valence-electron chi connectivity index (χ3n) is 11.8. The summed E-state index contributed by atoms with van der Waals surface area (Å²) < 4.78 is 5.43. The number of carboxylic acids is 1. The molecule has 0 saturated carbocycles. The second-order valence-corrected chi connectivity index (χ2v) is 18.9. The van der Waals surface area contributed by atoms with E-state index in [0.29, 0.717) is 19.4 Å². The zero-order valence-electron chi connectivity index (χ0n) is 40.4. The highest BCUT2D eigenvalue weighted by atomic mass is 16.5. The average Bonchev–Trinajstić information content (AvgIpc) is 3.19. The molecule has 4 heteroatoms. The van der Waals surface area contributed by atoms with Crippen molar-refractivity contribution in [2.45, 2.75) is 304 Å². The molecule has 0 aromatic carbocycles. The Hall–Kier alpha value is -1.32. The molecule has 58 heavy (non-hydrogen) atoms. The van der Waals surface area contributed by atoms with Gasteiger partial charge in [-0.05, 0) is 56.8 Å². The molecule has 0 aromatic heterocycles. The minimum Gasteiger partial charge on any atom is -0.481 e. The predicted molar refractivity (Wildman–Crippen MR) is 257 cm³/mol. The van der Waals surface area contributed by atoms with Gasteiger partial charge >= 0.3 is 11.9 Å². The summed E-state index contributed by atoms with van der Waals surface area (Å²) in [6.45, 7) is 12.2. The Labute approximate surface area is 365 Å². The Morgan fingerprint density at radius 3 is 1.03 bits per heavy atom. The maximum atomic E-state index is 11.9. The van der Waals surface area contributed by atoms with Gasteiger partial charge in [0.2, 0.25) is 0 Å². The zero-order valence-corrected chi connectivity index (χ0v) is 40.4. The van der Waals surface area contributed by atoms with Crippen LogP contribution in [0.3, 0.4) is 0 Å². The molecule has 0 amide bonds. The van der Waals surface area contributed by atoms with Crippen molar-refractivity contribution in [1.82, 2.24) is 0 Å². The molecule has 1 N–H and O–H groups in total. The number of hydrogen-bond donors (Lipinski definition) is 1. The number of ether oxygens (including phenoxy) is 1. The van der Waals surface area contributed by atoms with E-state index >= 15 is 0 Å². The highest BCUT2D eigenvalue weighted by Crippen LogP contribution is 2.17. The van der Waals surface area contributed by atoms with E-state index in [0.717, 1.165) is 43.9 Å². The molecule has 0 bridgehead atoms. The van der Waals surface area contributed by atoms with Gasteiger partial charge in [-0.3, -0.25) is 9.59 Å². The molecule has 0 aliphatic rings. The quantitative estimate of drug-likeness (QED) is 0.0377. The number of esters is 1. The summed E-state index contributed by atoms with van der Waals surface area (Å²) in [5.74, 6) is 1.10. The minimum absolute atomic E-state index is 0.0162. The average molecular weight is 819 g/mol. The molecule has 0 heterocycles. The van der Waals surface area contributed by atoms with Crippen molar-refractivity contribution >= 4 is 11.9 Å². The van der Waals surface area contributed by atoms with Gasteiger partial charge in [0.15, 0.2) is 0 Å². The summed E-state index contributed by atoms with van der Waals surface area (Å²) in [6, 6.07) is 0. The van der Waals surface area contributed by atoms with Gasteiger partial charge in [-0.1, -0.05) is 259 Å². The van der Waals surface area contributed by atoms with Gasteiger partial charge in [0, 0.05) is 12.8 Å². The van der Waals surface area contributed by atoms with E-state index in [2.05, 4.69) is 46.8 Å². The molecule has 0 saturated heterocycles. The van der Waals surface area contributed by atoms with E-state index in [-0.39, 0.29) is 5.97 Å². The normalized spacial score (nSPS) is 11.5. The number of carbonyl (C=O) groups excluding carboxylic acids is 1. The first-order valence-corrected chi connectivity index (χ1v) is 26.3. The maximum Gasteiger partial charge on any atom is 0.305 e. The summed E-state index contributed by atoms with van der Waals surface area (Å²) in [6.07, 6.45) is 58.5. The van der Waals surface area contributed by atoms with Gasteiger partial charge in [-0.2, -0.15) is 0 Å². The smallest absolute Gasteiger partial charge is 0.305 e. The molecule has 0 fully saturated rings. The molecule has 0 atom stereocenters. The van der Waals surface area contributed by atoms with Crippen LogP contribution in [0.4, 0.5) is 0 Å². The summed E-state index contributed by atoms with van der Waals surface area (Å²) in [7, 11) is 0. The first-order chi connectivity index (χ1) is 28.3. The van der Waals surface area contributed by atoms with Gasteiger partial charge < -0.3 is 9.84 Å². The molecule has 4 nitrogen and oxygen atoms in total. The lowest BCUT2D eigenvalue weighted by atomic mass is 10.0. The van der Waals surface area contributed by atoms with Crippen molar-refractivity contribution in [3.8, 4) is 0 Å². The Morgan fingerprint density at radius 1 is 0.397 bits per heavy atom. The second kappa shape index (κ2) is 51.8. The van der Waals surface area contributed by atoms with Crippen LogP contribution in [0.2, 0.25) is 0 Å². The van der Waals surface area contributed by atoms with Crippen LogP contribution in [0, 0.1) is 11.8 Å². The number of carbonyl (C=O) groups is 2.